The first kappa shape index (κ1) is 16.9. The number of hydrogen-bond donors (Lipinski definition) is 1. The van der Waals surface area contributed by atoms with Crippen molar-refractivity contribution in [2.24, 2.45) is 5.73 Å². The predicted molar refractivity (Wildman–Crippen MR) is 98.2 cm³/mol. The second kappa shape index (κ2) is 7.31. The molecule has 0 bridgehead atoms. The molecular weight excluding hydrogens is 313 g/mol. The van der Waals surface area contributed by atoms with Gasteiger partial charge < -0.3 is 5.73 Å². The van der Waals surface area contributed by atoms with Crippen molar-refractivity contribution in [1.29, 1.82) is 0 Å². The van der Waals surface area contributed by atoms with Gasteiger partial charge in [0.15, 0.2) is 0 Å². The summed E-state index contributed by atoms with van der Waals surface area (Å²) in [4.78, 5) is 11.6. The molecule has 0 saturated heterocycles. The number of primary amides is 1. The van der Waals surface area contributed by atoms with Gasteiger partial charge in [-0.1, -0.05) is 60.7 Å². The number of nitrogens with two attached hydrogens (primary N) is 1. The van der Waals surface area contributed by atoms with Gasteiger partial charge in [0, 0.05) is 0 Å². The minimum absolute atomic E-state index is 0.0414. The number of halogens is 1. The Bertz CT molecular complexity index is 889. The molecule has 0 saturated carbocycles. The van der Waals surface area contributed by atoms with E-state index in [1.807, 2.05) is 60.7 Å². The Morgan fingerprint density at radius 1 is 0.920 bits per heavy atom. The molecule has 0 aliphatic heterocycles. The Kier molecular flexibility index (Phi) is 4.94. The van der Waals surface area contributed by atoms with Crippen LogP contribution in [0.1, 0.15) is 38.2 Å². The van der Waals surface area contributed by atoms with Crippen LogP contribution >= 0.6 is 0 Å². The molecule has 3 heteroatoms. The Balaban J connectivity index is 2.10. The van der Waals surface area contributed by atoms with Crippen LogP contribution in [0.3, 0.4) is 0 Å². The van der Waals surface area contributed by atoms with Crippen LogP contribution in [-0.2, 0) is 12.8 Å². The van der Waals surface area contributed by atoms with Crippen molar-refractivity contribution in [3.8, 4) is 0 Å². The summed E-state index contributed by atoms with van der Waals surface area (Å²) in [6, 6.07) is 21.5. The highest BCUT2D eigenvalue weighted by Gasteiger charge is 2.18. The molecule has 3 aromatic rings. The van der Waals surface area contributed by atoms with Crippen LogP contribution in [-0.4, -0.2) is 5.91 Å². The zero-order valence-corrected chi connectivity index (χ0v) is 14.1. The molecule has 3 rings (SSSR count). The summed E-state index contributed by atoms with van der Waals surface area (Å²) in [5.41, 5.74) is 9.88. The highest BCUT2D eigenvalue weighted by molar-refractivity contribution is 5.93. The highest BCUT2D eigenvalue weighted by atomic mass is 19.1. The summed E-state index contributed by atoms with van der Waals surface area (Å²) >= 11 is 0. The third kappa shape index (κ3) is 3.77. The fraction of sp³-hybridized carbons (Fsp3) is 0.136. The number of benzene rings is 3. The van der Waals surface area contributed by atoms with Gasteiger partial charge in [0.05, 0.1) is 5.56 Å². The largest absolute Gasteiger partial charge is 0.366 e. The Morgan fingerprint density at radius 3 is 1.96 bits per heavy atom. The van der Waals surface area contributed by atoms with Crippen LogP contribution in [0.2, 0.25) is 0 Å². The molecule has 0 atom stereocenters. The van der Waals surface area contributed by atoms with Crippen molar-refractivity contribution < 1.29 is 9.18 Å². The first-order chi connectivity index (χ1) is 12.1. The smallest absolute Gasteiger partial charge is 0.251 e. The van der Waals surface area contributed by atoms with E-state index in [0.717, 1.165) is 22.3 Å². The highest BCUT2D eigenvalue weighted by Crippen LogP contribution is 2.26. The van der Waals surface area contributed by atoms with Crippen molar-refractivity contribution in [1.82, 2.24) is 0 Å². The topological polar surface area (TPSA) is 43.1 Å². The SMILES string of the molecule is Cc1c(F)c(C(N)=O)cc(Cc2ccccc2)c1Cc1ccccc1. The summed E-state index contributed by atoms with van der Waals surface area (Å²) in [6.07, 6.45) is 1.25. The molecule has 0 aliphatic carbocycles. The van der Waals surface area contributed by atoms with E-state index >= 15 is 0 Å². The van der Waals surface area contributed by atoms with Gasteiger partial charge in [-0.2, -0.15) is 0 Å². The summed E-state index contributed by atoms with van der Waals surface area (Å²) in [6.45, 7) is 1.72. The second-order valence-electron chi connectivity index (χ2n) is 6.19. The lowest BCUT2D eigenvalue weighted by atomic mass is 9.89. The number of carbonyl (C=O) groups is 1. The number of rotatable bonds is 5. The van der Waals surface area contributed by atoms with Crippen LogP contribution in [0, 0.1) is 12.7 Å². The molecule has 126 valence electrons. The molecular formula is C22H20FNO. The van der Waals surface area contributed by atoms with E-state index in [9.17, 15) is 9.18 Å². The van der Waals surface area contributed by atoms with Crippen molar-refractivity contribution in [2.75, 3.05) is 0 Å². The van der Waals surface area contributed by atoms with Crippen LogP contribution in [0.15, 0.2) is 66.7 Å². The van der Waals surface area contributed by atoms with Crippen molar-refractivity contribution >= 4 is 5.91 Å². The maximum atomic E-state index is 14.6. The third-order valence-electron chi connectivity index (χ3n) is 4.45. The van der Waals surface area contributed by atoms with Crippen molar-refractivity contribution in [3.05, 3.63) is 106 Å². The first-order valence-electron chi connectivity index (χ1n) is 8.24. The predicted octanol–water partition coefficient (Wildman–Crippen LogP) is 4.41. The Hall–Kier alpha value is -2.94. The molecule has 3 aromatic carbocycles. The molecule has 25 heavy (non-hydrogen) atoms. The molecule has 1 amide bonds. The average Bonchev–Trinajstić information content (AvgIpc) is 2.62. The van der Waals surface area contributed by atoms with Gasteiger partial charge in [-0.05, 0) is 53.6 Å². The molecule has 0 spiro atoms. The fourth-order valence-electron chi connectivity index (χ4n) is 3.10. The molecule has 0 aromatic heterocycles. The zero-order chi connectivity index (χ0) is 17.8. The molecule has 0 radical (unpaired) electrons. The monoisotopic (exact) mass is 333 g/mol. The maximum absolute atomic E-state index is 14.6. The summed E-state index contributed by atoms with van der Waals surface area (Å²) < 4.78 is 14.6. The van der Waals surface area contributed by atoms with Gasteiger partial charge in [-0.25, -0.2) is 4.39 Å². The van der Waals surface area contributed by atoms with E-state index in [2.05, 4.69) is 0 Å². The zero-order valence-electron chi connectivity index (χ0n) is 14.1. The normalized spacial score (nSPS) is 10.6. The van der Waals surface area contributed by atoms with Crippen molar-refractivity contribution in [2.45, 2.75) is 19.8 Å². The van der Waals surface area contributed by atoms with Gasteiger partial charge in [-0.15, -0.1) is 0 Å². The van der Waals surface area contributed by atoms with E-state index in [1.165, 1.54) is 0 Å². The molecule has 0 heterocycles. The van der Waals surface area contributed by atoms with Crippen LogP contribution in [0.25, 0.3) is 0 Å². The molecule has 2 N–H and O–H groups in total. The summed E-state index contributed by atoms with van der Waals surface area (Å²) in [5.74, 6) is -1.25. The van der Waals surface area contributed by atoms with Gasteiger partial charge in [0.1, 0.15) is 5.82 Å². The van der Waals surface area contributed by atoms with Gasteiger partial charge in [-0.3, -0.25) is 4.79 Å². The minimum Gasteiger partial charge on any atom is -0.366 e. The molecule has 0 aliphatic rings. The van der Waals surface area contributed by atoms with Gasteiger partial charge in [0.25, 0.3) is 5.91 Å². The molecule has 0 unspecified atom stereocenters. The fourth-order valence-corrected chi connectivity index (χ4v) is 3.10. The number of carbonyl (C=O) groups excluding carboxylic acids is 1. The molecule has 2 nitrogen and oxygen atoms in total. The average molecular weight is 333 g/mol. The summed E-state index contributed by atoms with van der Waals surface area (Å²) in [5, 5.41) is 0. The second-order valence-corrected chi connectivity index (χ2v) is 6.19. The summed E-state index contributed by atoms with van der Waals surface area (Å²) in [7, 11) is 0. The van der Waals surface area contributed by atoms with Crippen LogP contribution in [0.4, 0.5) is 4.39 Å². The lowest BCUT2D eigenvalue weighted by molar-refractivity contribution is 0.0996. The lowest BCUT2D eigenvalue weighted by Gasteiger charge is -2.16. The standard InChI is InChI=1S/C22H20FNO/c1-15-19(13-17-10-6-3-7-11-17)18(12-16-8-4-2-5-9-16)14-20(21(15)23)22(24)25/h2-11,14H,12-13H2,1H3,(H2,24,25). The quantitative estimate of drug-likeness (QED) is 0.738. The Morgan fingerprint density at radius 2 is 1.44 bits per heavy atom. The molecule has 0 fully saturated rings. The van der Waals surface area contributed by atoms with E-state index in [1.54, 1.807) is 13.0 Å². The van der Waals surface area contributed by atoms with Gasteiger partial charge >= 0.3 is 0 Å². The Labute approximate surface area is 147 Å². The van der Waals surface area contributed by atoms with Gasteiger partial charge in [0.2, 0.25) is 0 Å². The number of hydrogen-bond acceptors (Lipinski definition) is 1. The van der Waals surface area contributed by atoms with E-state index in [-0.39, 0.29) is 5.56 Å². The van der Waals surface area contributed by atoms with E-state index < -0.39 is 11.7 Å². The number of amides is 1. The van der Waals surface area contributed by atoms with E-state index in [4.69, 9.17) is 5.73 Å². The van der Waals surface area contributed by atoms with Crippen LogP contribution in [0.5, 0.6) is 0 Å². The third-order valence-corrected chi connectivity index (χ3v) is 4.45. The van der Waals surface area contributed by atoms with E-state index in [0.29, 0.717) is 18.4 Å². The lowest BCUT2D eigenvalue weighted by Crippen LogP contribution is -2.16. The maximum Gasteiger partial charge on any atom is 0.251 e. The minimum atomic E-state index is -0.735. The van der Waals surface area contributed by atoms with Crippen molar-refractivity contribution in [3.63, 3.8) is 0 Å². The first-order valence-corrected chi connectivity index (χ1v) is 8.24. The van der Waals surface area contributed by atoms with Crippen LogP contribution < -0.4 is 5.73 Å².